The topological polar surface area (TPSA) is 115 Å². The predicted octanol–water partition coefficient (Wildman–Crippen LogP) is 3.82. The molecule has 0 bridgehead atoms. The minimum absolute atomic E-state index is 0.215. The molecule has 0 aromatic heterocycles. The summed E-state index contributed by atoms with van der Waals surface area (Å²) in [6, 6.07) is 12.3. The highest BCUT2D eigenvalue weighted by molar-refractivity contribution is 6.31. The Morgan fingerprint density at radius 3 is 1.23 bits per heavy atom. The van der Waals surface area contributed by atoms with Crippen molar-refractivity contribution < 1.29 is 30.0 Å². The van der Waals surface area contributed by atoms with Crippen molar-refractivity contribution in [1.29, 1.82) is 0 Å². The average molecular weight is 403 g/mol. The molecule has 0 fully saturated rings. The van der Waals surface area contributed by atoms with Crippen LogP contribution < -0.4 is 0 Å². The van der Waals surface area contributed by atoms with Crippen LogP contribution in [0.5, 0.6) is 0 Å². The summed E-state index contributed by atoms with van der Waals surface area (Å²) in [6.07, 6.45) is -1.19. The molecule has 2 atom stereocenters. The Morgan fingerprint density at radius 1 is 0.769 bits per heavy atom. The van der Waals surface area contributed by atoms with Crippen molar-refractivity contribution in [2.75, 3.05) is 0 Å². The first-order chi connectivity index (χ1) is 12.0. The normalized spacial score (nSPS) is 11.8. The van der Waals surface area contributed by atoms with Gasteiger partial charge in [-0.1, -0.05) is 35.3 Å². The zero-order valence-corrected chi connectivity index (χ0v) is 15.6. The fourth-order valence-corrected chi connectivity index (χ4v) is 1.62. The first kappa shape index (κ1) is 23.9. The molecule has 142 valence electrons. The van der Waals surface area contributed by atoms with Crippen LogP contribution in [0.2, 0.25) is 10.0 Å². The summed E-state index contributed by atoms with van der Waals surface area (Å²) in [4.78, 5) is 20.6. The predicted molar refractivity (Wildman–Crippen MR) is 100 cm³/mol. The molecule has 2 aromatic carbocycles. The molecule has 0 aliphatic carbocycles. The van der Waals surface area contributed by atoms with Gasteiger partial charge in [-0.05, 0) is 50.2 Å². The number of benzene rings is 2. The smallest absolute Gasteiger partial charge is 0.335 e. The SMILES string of the molecule is CC(O)C(C)O.O=C(O)c1cccc(Cl)c1.O=C(O)c1cccc(Cl)c1. The quantitative estimate of drug-likeness (QED) is 0.619. The van der Waals surface area contributed by atoms with Crippen molar-refractivity contribution in [1.82, 2.24) is 0 Å². The highest BCUT2D eigenvalue weighted by Gasteiger charge is 2.01. The Kier molecular flexibility index (Phi) is 11.3. The van der Waals surface area contributed by atoms with Crippen molar-refractivity contribution in [3.63, 3.8) is 0 Å². The number of halogens is 2. The summed E-state index contributed by atoms with van der Waals surface area (Å²) in [7, 11) is 0. The molecule has 0 saturated carbocycles. The van der Waals surface area contributed by atoms with Crippen molar-refractivity contribution in [3.05, 3.63) is 69.7 Å². The van der Waals surface area contributed by atoms with Crippen LogP contribution in [0.15, 0.2) is 48.5 Å². The van der Waals surface area contributed by atoms with Crippen LogP contribution >= 0.6 is 23.2 Å². The van der Waals surface area contributed by atoms with Gasteiger partial charge >= 0.3 is 11.9 Å². The minimum Gasteiger partial charge on any atom is -0.478 e. The van der Waals surface area contributed by atoms with Gasteiger partial charge in [-0.3, -0.25) is 0 Å². The molecule has 2 rings (SSSR count). The summed E-state index contributed by atoms with van der Waals surface area (Å²) in [5.74, 6) is -1.91. The molecule has 2 aromatic rings. The van der Waals surface area contributed by atoms with Crippen LogP contribution in [0, 0.1) is 0 Å². The number of hydrogen-bond acceptors (Lipinski definition) is 4. The van der Waals surface area contributed by atoms with Crippen molar-refractivity contribution in [2.24, 2.45) is 0 Å². The Labute approximate surface area is 161 Å². The lowest BCUT2D eigenvalue weighted by atomic mass is 10.2. The Bertz CT molecular complexity index is 655. The summed E-state index contributed by atoms with van der Waals surface area (Å²) in [5.41, 5.74) is 0.431. The van der Waals surface area contributed by atoms with Crippen molar-refractivity contribution in [2.45, 2.75) is 26.1 Å². The molecular weight excluding hydrogens is 383 g/mol. The maximum absolute atomic E-state index is 10.3. The summed E-state index contributed by atoms with van der Waals surface area (Å²) >= 11 is 11.1. The van der Waals surface area contributed by atoms with Gasteiger partial charge in [0.2, 0.25) is 0 Å². The van der Waals surface area contributed by atoms with Gasteiger partial charge < -0.3 is 20.4 Å². The maximum Gasteiger partial charge on any atom is 0.335 e. The average Bonchev–Trinajstić information content (AvgIpc) is 2.56. The summed E-state index contributed by atoms with van der Waals surface area (Å²) < 4.78 is 0. The molecule has 0 heterocycles. The highest BCUT2D eigenvalue weighted by Crippen LogP contribution is 2.10. The number of carbonyl (C=O) groups is 2. The maximum atomic E-state index is 10.3. The van der Waals surface area contributed by atoms with Crippen molar-refractivity contribution >= 4 is 35.1 Å². The summed E-state index contributed by atoms with van der Waals surface area (Å²) in [5, 5.41) is 34.5. The molecule has 0 radical (unpaired) electrons. The number of carboxylic acid groups (broad SMARTS) is 2. The van der Waals surface area contributed by atoms with E-state index in [2.05, 4.69) is 0 Å². The zero-order valence-electron chi connectivity index (χ0n) is 14.1. The van der Waals surface area contributed by atoms with Gasteiger partial charge in [-0.15, -0.1) is 0 Å². The molecule has 2 unspecified atom stereocenters. The fourth-order valence-electron chi connectivity index (χ4n) is 1.24. The van der Waals surface area contributed by atoms with E-state index >= 15 is 0 Å². The van der Waals surface area contributed by atoms with Crippen LogP contribution in [0.25, 0.3) is 0 Å². The van der Waals surface area contributed by atoms with E-state index in [9.17, 15) is 9.59 Å². The van der Waals surface area contributed by atoms with Crippen LogP contribution in [0.4, 0.5) is 0 Å². The molecule has 6 nitrogen and oxygen atoms in total. The lowest BCUT2D eigenvalue weighted by Gasteiger charge is -2.03. The van der Waals surface area contributed by atoms with E-state index in [4.69, 9.17) is 43.6 Å². The fraction of sp³-hybridized carbons (Fsp3) is 0.222. The summed E-state index contributed by atoms with van der Waals surface area (Å²) in [6.45, 7) is 3.09. The minimum atomic E-state index is -0.956. The number of aromatic carboxylic acids is 2. The van der Waals surface area contributed by atoms with E-state index in [0.717, 1.165) is 0 Å². The monoisotopic (exact) mass is 402 g/mol. The van der Waals surface area contributed by atoms with Crippen LogP contribution in [0.1, 0.15) is 34.6 Å². The third-order valence-electron chi connectivity index (χ3n) is 2.84. The van der Waals surface area contributed by atoms with Crippen LogP contribution in [-0.4, -0.2) is 44.6 Å². The number of aliphatic hydroxyl groups is 2. The standard InChI is InChI=1S/2C7H5ClO2.C4H10O2/c2*8-6-3-1-2-5(4-6)7(9)10;1-3(5)4(2)6/h2*1-4H,(H,9,10);3-6H,1-2H3. The molecule has 0 amide bonds. The third kappa shape index (κ3) is 10.7. The van der Waals surface area contributed by atoms with Gasteiger partial charge in [0.05, 0.1) is 23.3 Å². The van der Waals surface area contributed by atoms with Crippen LogP contribution in [0.3, 0.4) is 0 Å². The molecule has 4 N–H and O–H groups in total. The Hall–Kier alpha value is -2.12. The first-order valence-electron chi connectivity index (χ1n) is 7.38. The van der Waals surface area contributed by atoms with Gasteiger partial charge in [-0.2, -0.15) is 0 Å². The van der Waals surface area contributed by atoms with E-state index in [1.165, 1.54) is 24.3 Å². The molecule has 0 aliphatic rings. The second kappa shape index (κ2) is 12.3. The third-order valence-corrected chi connectivity index (χ3v) is 3.31. The largest absolute Gasteiger partial charge is 0.478 e. The number of carboxylic acids is 2. The van der Waals surface area contributed by atoms with E-state index in [-0.39, 0.29) is 11.1 Å². The van der Waals surface area contributed by atoms with E-state index in [1.807, 2.05) is 0 Å². The van der Waals surface area contributed by atoms with Gasteiger partial charge in [-0.25, -0.2) is 9.59 Å². The zero-order chi connectivity index (χ0) is 20.3. The van der Waals surface area contributed by atoms with E-state index in [0.29, 0.717) is 10.0 Å². The van der Waals surface area contributed by atoms with Gasteiger partial charge in [0.25, 0.3) is 0 Å². The molecule has 0 spiro atoms. The molecule has 26 heavy (non-hydrogen) atoms. The van der Waals surface area contributed by atoms with E-state index < -0.39 is 24.1 Å². The Morgan fingerprint density at radius 2 is 1.08 bits per heavy atom. The second-order valence-electron chi connectivity index (χ2n) is 5.11. The van der Waals surface area contributed by atoms with E-state index in [1.54, 1.807) is 38.1 Å². The Balaban J connectivity index is 0.000000375. The molecule has 8 heteroatoms. The first-order valence-corrected chi connectivity index (χ1v) is 8.14. The molecule has 0 aliphatic heterocycles. The number of rotatable bonds is 3. The van der Waals surface area contributed by atoms with Gasteiger partial charge in [0, 0.05) is 10.0 Å². The highest BCUT2D eigenvalue weighted by atomic mass is 35.5. The van der Waals surface area contributed by atoms with Crippen molar-refractivity contribution in [3.8, 4) is 0 Å². The molecule has 0 saturated heterocycles. The number of aliphatic hydroxyl groups excluding tert-OH is 2. The molecular formula is C18H20Cl2O6. The lowest BCUT2D eigenvalue weighted by Crippen LogP contribution is -2.17. The lowest BCUT2D eigenvalue weighted by molar-refractivity contribution is 0.0438. The van der Waals surface area contributed by atoms with Gasteiger partial charge in [0.15, 0.2) is 0 Å². The second-order valence-corrected chi connectivity index (χ2v) is 5.99. The number of hydrogen-bond donors (Lipinski definition) is 4. The van der Waals surface area contributed by atoms with Crippen LogP contribution in [-0.2, 0) is 0 Å². The van der Waals surface area contributed by atoms with Gasteiger partial charge in [0.1, 0.15) is 0 Å².